The predicted octanol–water partition coefficient (Wildman–Crippen LogP) is 1.48. The van der Waals surface area contributed by atoms with Crippen LogP contribution in [0.4, 0.5) is 5.69 Å². The number of hydrogen-bond acceptors (Lipinski definition) is 4. The highest BCUT2D eigenvalue weighted by Crippen LogP contribution is 2.26. The van der Waals surface area contributed by atoms with E-state index in [2.05, 4.69) is 26.2 Å². The quantitative estimate of drug-likeness (QED) is 0.892. The highest BCUT2D eigenvalue weighted by molar-refractivity contribution is 5.52. The van der Waals surface area contributed by atoms with Gasteiger partial charge >= 0.3 is 0 Å². The first-order valence-electron chi connectivity index (χ1n) is 7.45. The summed E-state index contributed by atoms with van der Waals surface area (Å²) in [6.07, 6.45) is 8.06. The third-order valence-corrected chi connectivity index (χ3v) is 4.42. The van der Waals surface area contributed by atoms with Crippen molar-refractivity contribution in [2.75, 3.05) is 38.1 Å². The molecule has 0 aromatic carbocycles. The van der Waals surface area contributed by atoms with E-state index in [9.17, 15) is 0 Å². The summed E-state index contributed by atoms with van der Waals surface area (Å²) in [6, 6.07) is 2.93. The van der Waals surface area contributed by atoms with E-state index in [1.165, 1.54) is 50.1 Å². The lowest BCUT2D eigenvalue weighted by Crippen LogP contribution is -2.55. The van der Waals surface area contributed by atoms with Crippen molar-refractivity contribution in [1.29, 1.82) is 0 Å². The topological polar surface area (TPSA) is 31.4 Å². The average Bonchev–Trinajstić information content (AvgIpc) is 2.48. The molecule has 0 spiro atoms. The number of piperidine rings is 1. The fraction of sp³-hybridized carbons (Fsp3) is 0.667. The molecule has 1 N–H and O–H groups in total. The van der Waals surface area contributed by atoms with Crippen molar-refractivity contribution in [2.24, 2.45) is 0 Å². The number of pyridine rings is 1. The summed E-state index contributed by atoms with van der Waals surface area (Å²) < 4.78 is 0. The maximum absolute atomic E-state index is 4.26. The zero-order valence-corrected chi connectivity index (χ0v) is 11.8. The second kappa shape index (κ2) is 5.88. The first kappa shape index (κ1) is 12.9. The van der Waals surface area contributed by atoms with Crippen LogP contribution < -0.4 is 10.2 Å². The number of fused-ring (bicyclic) bond motifs is 1. The van der Waals surface area contributed by atoms with Gasteiger partial charge in [0.15, 0.2) is 0 Å². The maximum Gasteiger partial charge on any atom is 0.0443 e. The van der Waals surface area contributed by atoms with Gasteiger partial charge in [0.1, 0.15) is 0 Å². The number of nitrogens with zero attached hydrogens (tertiary/aromatic N) is 3. The van der Waals surface area contributed by atoms with Crippen LogP contribution in [-0.4, -0.2) is 49.2 Å². The van der Waals surface area contributed by atoms with Gasteiger partial charge in [-0.1, -0.05) is 6.42 Å². The van der Waals surface area contributed by atoms with Gasteiger partial charge in [-0.2, -0.15) is 0 Å². The van der Waals surface area contributed by atoms with Crippen LogP contribution in [0.3, 0.4) is 0 Å². The summed E-state index contributed by atoms with van der Waals surface area (Å²) in [5.74, 6) is 0. The predicted molar refractivity (Wildman–Crippen MR) is 78.4 cm³/mol. The molecule has 1 unspecified atom stereocenters. The molecular formula is C15H24N4. The number of nitrogens with one attached hydrogen (secondary N) is 1. The Hall–Kier alpha value is -1.13. The Bertz CT molecular complexity index is 420. The number of piperazine rings is 1. The second-order valence-corrected chi connectivity index (χ2v) is 5.67. The number of aromatic nitrogens is 1. The molecule has 0 saturated carbocycles. The zero-order chi connectivity index (χ0) is 13.1. The zero-order valence-electron chi connectivity index (χ0n) is 11.8. The lowest BCUT2D eigenvalue weighted by atomic mass is 9.99. The van der Waals surface area contributed by atoms with Crippen molar-refractivity contribution >= 4 is 5.69 Å². The van der Waals surface area contributed by atoms with Gasteiger partial charge in [-0.25, -0.2) is 0 Å². The van der Waals surface area contributed by atoms with Crippen LogP contribution in [0.5, 0.6) is 0 Å². The molecule has 0 aliphatic carbocycles. The Morgan fingerprint density at radius 1 is 1.32 bits per heavy atom. The molecule has 2 aliphatic heterocycles. The number of rotatable bonds is 3. The van der Waals surface area contributed by atoms with Gasteiger partial charge in [-0.3, -0.25) is 9.88 Å². The molecular weight excluding hydrogens is 236 g/mol. The maximum atomic E-state index is 4.26. The average molecular weight is 260 g/mol. The first-order chi connectivity index (χ1) is 9.38. The van der Waals surface area contributed by atoms with Crippen LogP contribution in [0.15, 0.2) is 18.5 Å². The second-order valence-electron chi connectivity index (χ2n) is 5.67. The molecule has 0 bridgehead atoms. The summed E-state index contributed by atoms with van der Waals surface area (Å²) in [7, 11) is 2.00. The van der Waals surface area contributed by atoms with E-state index < -0.39 is 0 Å². The normalized spacial score (nSPS) is 24.3. The minimum Gasteiger partial charge on any atom is -0.368 e. The Labute approximate surface area is 115 Å². The summed E-state index contributed by atoms with van der Waals surface area (Å²) >= 11 is 0. The molecule has 4 nitrogen and oxygen atoms in total. The number of hydrogen-bond donors (Lipinski definition) is 1. The Kier molecular flexibility index (Phi) is 3.99. The van der Waals surface area contributed by atoms with E-state index >= 15 is 0 Å². The van der Waals surface area contributed by atoms with Crippen LogP contribution >= 0.6 is 0 Å². The molecule has 3 rings (SSSR count). The first-order valence-corrected chi connectivity index (χ1v) is 7.45. The monoisotopic (exact) mass is 260 g/mol. The van der Waals surface area contributed by atoms with Crippen molar-refractivity contribution in [3.05, 3.63) is 24.0 Å². The molecule has 2 saturated heterocycles. The van der Waals surface area contributed by atoms with Gasteiger partial charge in [0.25, 0.3) is 0 Å². The van der Waals surface area contributed by atoms with Crippen molar-refractivity contribution < 1.29 is 0 Å². The van der Waals surface area contributed by atoms with Crippen LogP contribution in [0.25, 0.3) is 0 Å². The summed E-state index contributed by atoms with van der Waals surface area (Å²) in [5.41, 5.74) is 2.68. The van der Waals surface area contributed by atoms with Crippen molar-refractivity contribution in [3.63, 3.8) is 0 Å². The highest BCUT2D eigenvalue weighted by Gasteiger charge is 2.29. The van der Waals surface area contributed by atoms with E-state index in [4.69, 9.17) is 0 Å². The smallest absolute Gasteiger partial charge is 0.0443 e. The van der Waals surface area contributed by atoms with Crippen LogP contribution in [0.1, 0.15) is 24.8 Å². The molecule has 1 atom stereocenters. The van der Waals surface area contributed by atoms with Crippen LogP contribution in [0, 0.1) is 0 Å². The van der Waals surface area contributed by atoms with Gasteiger partial charge in [0.05, 0.1) is 0 Å². The molecule has 0 radical (unpaired) electrons. The Balaban J connectivity index is 1.75. The lowest BCUT2D eigenvalue weighted by molar-refractivity contribution is 0.133. The lowest BCUT2D eigenvalue weighted by Gasteiger charge is -2.45. The van der Waals surface area contributed by atoms with Gasteiger partial charge in [0, 0.05) is 55.9 Å². The third-order valence-electron chi connectivity index (χ3n) is 4.42. The molecule has 3 heterocycles. The summed E-state index contributed by atoms with van der Waals surface area (Å²) in [4.78, 5) is 9.50. The van der Waals surface area contributed by atoms with Crippen molar-refractivity contribution in [1.82, 2.24) is 15.2 Å². The molecule has 19 heavy (non-hydrogen) atoms. The SMILES string of the molecule is CNCc1cnccc1N1CCN2CCCCC2C1. The molecule has 4 heteroatoms. The van der Waals surface area contributed by atoms with E-state index in [0.717, 1.165) is 19.1 Å². The molecule has 2 aliphatic rings. The van der Waals surface area contributed by atoms with Crippen molar-refractivity contribution in [2.45, 2.75) is 31.8 Å². The summed E-state index contributed by atoms with van der Waals surface area (Å²) in [5, 5.41) is 3.24. The van der Waals surface area contributed by atoms with Crippen LogP contribution in [0.2, 0.25) is 0 Å². The molecule has 0 amide bonds. The highest BCUT2D eigenvalue weighted by atomic mass is 15.3. The number of anilines is 1. The molecule has 1 aromatic rings. The molecule has 2 fully saturated rings. The Morgan fingerprint density at radius 3 is 3.16 bits per heavy atom. The van der Waals surface area contributed by atoms with Gasteiger partial charge < -0.3 is 10.2 Å². The minimum absolute atomic E-state index is 0.762. The standard InChI is InChI=1S/C15H24N4/c1-16-10-13-11-17-6-5-15(13)19-9-8-18-7-3-2-4-14(18)12-19/h5-6,11,14,16H,2-4,7-10,12H2,1H3. The largest absolute Gasteiger partial charge is 0.368 e. The third kappa shape index (κ3) is 2.74. The fourth-order valence-corrected chi connectivity index (χ4v) is 3.43. The van der Waals surface area contributed by atoms with E-state index in [0.29, 0.717) is 0 Å². The van der Waals surface area contributed by atoms with E-state index in [1.807, 2.05) is 19.4 Å². The van der Waals surface area contributed by atoms with Crippen LogP contribution in [-0.2, 0) is 6.54 Å². The van der Waals surface area contributed by atoms with Gasteiger partial charge in [-0.05, 0) is 32.5 Å². The van der Waals surface area contributed by atoms with Gasteiger partial charge in [-0.15, -0.1) is 0 Å². The summed E-state index contributed by atoms with van der Waals surface area (Å²) in [6.45, 7) is 5.75. The van der Waals surface area contributed by atoms with Crippen molar-refractivity contribution in [3.8, 4) is 0 Å². The van der Waals surface area contributed by atoms with Gasteiger partial charge in [0.2, 0.25) is 0 Å². The van der Waals surface area contributed by atoms with E-state index in [-0.39, 0.29) is 0 Å². The molecule has 1 aromatic heterocycles. The Morgan fingerprint density at radius 2 is 2.26 bits per heavy atom. The minimum atomic E-state index is 0.762. The fourth-order valence-electron chi connectivity index (χ4n) is 3.43. The molecule has 104 valence electrons. The van der Waals surface area contributed by atoms with E-state index in [1.54, 1.807) is 0 Å².